The van der Waals surface area contributed by atoms with Crippen LogP contribution in [0.1, 0.15) is 35.9 Å². The predicted molar refractivity (Wildman–Crippen MR) is 96.3 cm³/mol. The predicted octanol–water partition coefficient (Wildman–Crippen LogP) is 3.27. The van der Waals surface area contributed by atoms with E-state index < -0.39 is 0 Å². The van der Waals surface area contributed by atoms with Crippen LogP contribution < -0.4 is 5.32 Å². The lowest BCUT2D eigenvalue weighted by atomic mass is 9.97. The fraction of sp³-hybridized carbons (Fsp3) is 0.500. The van der Waals surface area contributed by atoms with Crippen molar-refractivity contribution in [3.05, 3.63) is 35.1 Å². The second kappa shape index (κ2) is 8.43. The molecule has 1 atom stereocenters. The van der Waals surface area contributed by atoms with Gasteiger partial charge in [0.05, 0.1) is 6.04 Å². The highest BCUT2D eigenvalue weighted by Crippen LogP contribution is 2.30. The molecular weight excluding hydrogens is 342 g/mol. The van der Waals surface area contributed by atoms with Gasteiger partial charge >= 0.3 is 6.03 Å². The highest BCUT2D eigenvalue weighted by atomic mass is 32.2. The van der Waals surface area contributed by atoms with Crippen molar-refractivity contribution in [2.75, 3.05) is 18.8 Å². The SMILES string of the molecule is Cc1nnc(SCCNC(=O)N2CCCCC2c2cccnc2)s1. The summed E-state index contributed by atoms with van der Waals surface area (Å²) in [6, 6.07) is 4.13. The van der Waals surface area contributed by atoms with E-state index in [9.17, 15) is 4.79 Å². The lowest BCUT2D eigenvalue weighted by Crippen LogP contribution is -2.45. The monoisotopic (exact) mass is 363 g/mol. The van der Waals surface area contributed by atoms with Crippen LogP contribution in [0.2, 0.25) is 0 Å². The molecule has 128 valence electrons. The summed E-state index contributed by atoms with van der Waals surface area (Å²) >= 11 is 3.21. The maximum atomic E-state index is 12.6. The summed E-state index contributed by atoms with van der Waals surface area (Å²) in [7, 11) is 0. The van der Waals surface area contributed by atoms with E-state index in [2.05, 4.69) is 26.6 Å². The van der Waals surface area contributed by atoms with Gasteiger partial charge in [0.25, 0.3) is 0 Å². The molecule has 0 bridgehead atoms. The fourth-order valence-electron chi connectivity index (χ4n) is 2.83. The molecule has 3 heterocycles. The molecule has 1 unspecified atom stereocenters. The number of carbonyl (C=O) groups is 1. The molecule has 0 aliphatic carbocycles. The van der Waals surface area contributed by atoms with Crippen molar-refractivity contribution < 1.29 is 4.79 Å². The minimum Gasteiger partial charge on any atom is -0.337 e. The third-order valence-electron chi connectivity index (χ3n) is 3.94. The molecule has 1 saturated heterocycles. The summed E-state index contributed by atoms with van der Waals surface area (Å²) in [6.45, 7) is 3.37. The minimum absolute atomic E-state index is 0.0117. The number of hydrogen-bond acceptors (Lipinski definition) is 6. The molecule has 1 fully saturated rings. The zero-order chi connectivity index (χ0) is 16.8. The van der Waals surface area contributed by atoms with Gasteiger partial charge in [-0.2, -0.15) is 0 Å². The second-order valence-electron chi connectivity index (χ2n) is 5.66. The first-order valence-corrected chi connectivity index (χ1v) is 9.91. The summed E-state index contributed by atoms with van der Waals surface area (Å²) in [5.74, 6) is 0.797. The van der Waals surface area contributed by atoms with Gasteiger partial charge in [0.2, 0.25) is 0 Å². The number of aromatic nitrogens is 3. The summed E-state index contributed by atoms with van der Waals surface area (Å²) in [4.78, 5) is 18.7. The van der Waals surface area contributed by atoms with Crippen molar-refractivity contribution >= 4 is 29.1 Å². The topological polar surface area (TPSA) is 71.0 Å². The molecule has 2 amide bonds. The Morgan fingerprint density at radius 3 is 3.12 bits per heavy atom. The Bertz CT molecular complexity index is 663. The standard InChI is InChI=1S/C16H21N5OS2/c1-12-19-20-16(24-12)23-10-8-18-15(22)21-9-3-2-6-14(21)13-5-4-7-17-11-13/h4-5,7,11,14H,2-3,6,8-10H2,1H3,(H,18,22). The van der Waals surface area contributed by atoms with Crippen molar-refractivity contribution in [2.24, 2.45) is 0 Å². The molecule has 24 heavy (non-hydrogen) atoms. The average Bonchev–Trinajstić information content (AvgIpc) is 3.04. The van der Waals surface area contributed by atoms with Crippen LogP contribution in [0.5, 0.6) is 0 Å². The van der Waals surface area contributed by atoms with E-state index in [0.29, 0.717) is 6.54 Å². The van der Waals surface area contributed by atoms with E-state index in [-0.39, 0.29) is 12.1 Å². The van der Waals surface area contributed by atoms with Crippen LogP contribution in [0.3, 0.4) is 0 Å². The highest BCUT2D eigenvalue weighted by molar-refractivity contribution is 8.01. The Morgan fingerprint density at radius 2 is 2.38 bits per heavy atom. The van der Waals surface area contributed by atoms with Gasteiger partial charge in [-0.05, 0) is 37.8 Å². The first kappa shape index (κ1) is 17.2. The third-order valence-corrected chi connectivity index (χ3v) is 5.92. The second-order valence-corrected chi connectivity index (χ2v) is 8.18. The first-order valence-electron chi connectivity index (χ1n) is 8.11. The Hall–Kier alpha value is -1.67. The number of nitrogens with one attached hydrogen (secondary N) is 1. The van der Waals surface area contributed by atoms with Crippen LogP contribution in [0.25, 0.3) is 0 Å². The molecule has 0 saturated carbocycles. The number of nitrogens with zero attached hydrogens (tertiary/aromatic N) is 4. The quantitative estimate of drug-likeness (QED) is 0.652. The number of pyridine rings is 1. The van der Waals surface area contributed by atoms with E-state index in [1.165, 1.54) is 0 Å². The number of urea groups is 1. The maximum absolute atomic E-state index is 12.6. The van der Waals surface area contributed by atoms with Crippen molar-refractivity contribution in [2.45, 2.75) is 36.6 Å². The van der Waals surface area contributed by atoms with Crippen molar-refractivity contribution in [1.29, 1.82) is 0 Å². The number of likely N-dealkylation sites (tertiary alicyclic amines) is 1. The average molecular weight is 364 g/mol. The molecule has 2 aromatic heterocycles. The smallest absolute Gasteiger partial charge is 0.317 e. The van der Waals surface area contributed by atoms with Gasteiger partial charge in [0.15, 0.2) is 4.34 Å². The van der Waals surface area contributed by atoms with Gasteiger partial charge in [0, 0.05) is 31.2 Å². The van der Waals surface area contributed by atoms with E-state index in [1.807, 2.05) is 24.1 Å². The number of piperidine rings is 1. The number of hydrogen-bond donors (Lipinski definition) is 1. The van der Waals surface area contributed by atoms with Crippen molar-refractivity contribution in [3.8, 4) is 0 Å². The van der Waals surface area contributed by atoms with Crippen LogP contribution in [0.4, 0.5) is 4.79 Å². The van der Waals surface area contributed by atoms with Crippen LogP contribution in [-0.2, 0) is 0 Å². The molecule has 1 N–H and O–H groups in total. The molecule has 6 nitrogen and oxygen atoms in total. The molecule has 0 aromatic carbocycles. The molecule has 3 rings (SSSR count). The highest BCUT2D eigenvalue weighted by Gasteiger charge is 2.27. The summed E-state index contributed by atoms with van der Waals surface area (Å²) in [5, 5.41) is 12.1. The molecule has 1 aliphatic rings. The Balaban J connectivity index is 1.51. The van der Waals surface area contributed by atoms with Gasteiger partial charge in [-0.25, -0.2) is 4.79 Å². The lowest BCUT2D eigenvalue weighted by Gasteiger charge is -2.35. The van der Waals surface area contributed by atoms with Gasteiger partial charge in [-0.1, -0.05) is 29.2 Å². The molecule has 2 aromatic rings. The zero-order valence-electron chi connectivity index (χ0n) is 13.6. The maximum Gasteiger partial charge on any atom is 0.317 e. The Labute approximate surface area is 150 Å². The summed E-state index contributed by atoms with van der Waals surface area (Å²) in [5.41, 5.74) is 1.12. The summed E-state index contributed by atoms with van der Waals surface area (Å²) < 4.78 is 0.952. The van der Waals surface area contributed by atoms with Crippen molar-refractivity contribution in [3.63, 3.8) is 0 Å². The first-order chi connectivity index (χ1) is 11.7. The molecule has 1 aliphatic heterocycles. The normalized spacial score (nSPS) is 17.7. The number of thioether (sulfide) groups is 1. The third kappa shape index (κ3) is 4.45. The van der Waals surface area contributed by atoms with Gasteiger partial charge < -0.3 is 10.2 Å². The summed E-state index contributed by atoms with van der Waals surface area (Å²) in [6.07, 6.45) is 6.84. The van der Waals surface area contributed by atoms with Gasteiger partial charge in [-0.3, -0.25) is 4.98 Å². The van der Waals surface area contributed by atoms with Gasteiger partial charge in [-0.15, -0.1) is 10.2 Å². The lowest BCUT2D eigenvalue weighted by molar-refractivity contribution is 0.152. The van der Waals surface area contributed by atoms with E-state index in [4.69, 9.17) is 0 Å². The Morgan fingerprint density at radius 1 is 1.46 bits per heavy atom. The minimum atomic E-state index is 0.0117. The van der Waals surface area contributed by atoms with Crippen LogP contribution >= 0.6 is 23.1 Å². The van der Waals surface area contributed by atoms with Gasteiger partial charge in [0.1, 0.15) is 5.01 Å². The van der Waals surface area contributed by atoms with Crippen LogP contribution in [-0.4, -0.2) is 45.0 Å². The van der Waals surface area contributed by atoms with E-state index in [0.717, 1.165) is 46.5 Å². The number of carbonyl (C=O) groups excluding carboxylic acids is 1. The van der Waals surface area contributed by atoms with E-state index >= 15 is 0 Å². The number of aryl methyl sites for hydroxylation is 1. The van der Waals surface area contributed by atoms with Crippen molar-refractivity contribution in [1.82, 2.24) is 25.4 Å². The number of rotatable bonds is 5. The zero-order valence-corrected chi connectivity index (χ0v) is 15.3. The molecule has 0 radical (unpaired) electrons. The van der Waals surface area contributed by atoms with Crippen LogP contribution in [0, 0.1) is 6.92 Å². The molecule has 8 heteroatoms. The van der Waals surface area contributed by atoms with Crippen LogP contribution in [0.15, 0.2) is 28.9 Å². The fourth-order valence-corrected chi connectivity index (χ4v) is 4.57. The Kier molecular flexibility index (Phi) is 6.03. The molecule has 0 spiro atoms. The molecular formula is C16H21N5OS2. The van der Waals surface area contributed by atoms with E-state index in [1.54, 1.807) is 29.3 Å². The largest absolute Gasteiger partial charge is 0.337 e. The number of amides is 2.